The Balaban J connectivity index is 0.969. The van der Waals surface area contributed by atoms with E-state index >= 15 is 0 Å². The number of carbonyl (C=O) groups excluding carboxylic acids is 3. The number of rotatable bonds is 8. The topological polar surface area (TPSA) is 271 Å². The number of anilines is 1. The molecule has 9 rings (SSSR count). The highest BCUT2D eigenvalue weighted by Crippen LogP contribution is 2.49. The summed E-state index contributed by atoms with van der Waals surface area (Å²) in [6.07, 6.45) is 3.84. The molecular formula is C48H36N4O12. The molecule has 0 aromatic heterocycles. The predicted molar refractivity (Wildman–Crippen MR) is 228 cm³/mol. The van der Waals surface area contributed by atoms with Gasteiger partial charge in [-0.1, -0.05) is 24.3 Å². The molecule has 2 aliphatic carbocycles. The van der Waals surface area contributed by atoms with Gasteiger partial charge in [0.2, 0.25) is 0 Å². The minimum atomic E-state index is -1.85. The molecule has 5 aliphatic rings. The molecule has 2 unspecified atom stereocenters. The third kappa shape index (κ3) is 7.05. The minimum Gasteiger partial charge on any atom is -0.508 e. The molecule has 320 valence electrons. The first kappa shape index (κ1) is 40.9. The molecule has 4 aromatic rings. The van der Waals surface area contributed by atoms with Crippen molar-refractivity contribution < 1.29 is 58.3 Å². The van der Waals surface area contributed by atoms with Crippen molar-refractivity contribution in [3.63, 3.8) is 0 Å². The standard InChI is InChI=1S/C48H36N4O12/c49-25-3-9-31-37(19-25)63-38-20-26(50)4-10-32(38)41(31)29-7-1-23(17-35(29)45(57)58)43(55)51-48(47(61)62)13-15-52(16-14-48)44(56)24-2-8-30(36(18-24)46(59)60)42-33-11-5-27(53)21-39(33)64-40-22-28(54)6-12-34(40)42/h1-12,17-22,33,42,49,54H,13-16,50H2,(H,51,55)(H,57,58)(H,59,60)(H,61,62). The van der Waals surface area contributed by atoms with Crippen molar-refractivity contribution in [2.75, 3.05) is 18.8 Å². The fraction of sp³-hybridized carbons (Fsp3) is 0.146. The highest BCUT2D eigenvalue weighted by Gasteiger charge is 2.45. The molecule has 3 heterocycles. The van der Waals surface area contributed by atoms with Gasteiger partial charge >= 0.3 is 17.9 Å². The lowest BCUT2D eigenvalue weighted by Gasteiger charge is -2.39. The number of nitrogens with two attached hydrogens (primary N) is 1. The maximum Gasteiger partial charge on any atom is 0.336 e. The van der Waals surface area contributed by atoms with Crippen LogP contribution in [0.3, 0.4) is 0 Å². The third-order valence-corrected chi connectivity index (χ3v) is 12.1. The van der Waals surface area contributed by atoms with E-state index in [1.54, 1.807) is 36.4 Å². The third-order valence-electron chi connectivity index (χ3n) is 12.1. The summed E-state index contributed by atoms with van der Waals surface area (Å²) in [6, 6.07) is 22.2. The normalized spacial score (nSPS) is 17.5. The predicted octanol–water partition coefficient (Wildman–Crippen LogP) is 6.02. The zero-order valence-electron chi connectivity index (χ0n) is 33.5. The number of ketones is 1. The fourth-order valence-electron chi connectivity index (χ4n) is 8.88. The first-order chi connectivity index (χ1) is 30.6. The van der Waals surface area contributed by atoms with E-state index in [0.29, 0.717) is 44.7 Å². The van der Waals surface area contributed by atoms with Crippen LogP contribution in [0.5, 0.6) is 11.5 Å². The first-order valence-corrected chi connectivity index (χ1v) is 20.0. The molecule has 0 radical (unpaired) electrons. The first-order valence-electron chi connectivity index (χ1n) is 20.0. The number of hydrogen-bond acceptors (Lipinski definition) is 11. The Morgan fingerprint density at radius 3 is 2.23 bits per heavy atom. The van der Waals surface area contributed by atoms with Crippen LogP contribution in [0.2, 0.25) is 0 Å². The van der Waals surface area contributed by atoms with Crippen LogP contribution < -0.4 is 21.1 Å². The van der Waals surface area contributed by atoms with Gasteiger partial charge in [0, 0.05) is 88.1 Å². The highest BCUT2D eigenvalue weighted by molar-refractivity contribution is 6.10. The van der Waals surface area contributed by atoms with Gasteiger partial charge in [0.1, 0.15) is 34.1 Å². The van der Waals surface area contributed by atoms with Crippen LogP contribution in [-0.2, 0) is 9.59 Å². The van der Waals surface area contributed by atoms with E-state index in [1.807, 2.05) is 0 Å². The number of nitrogen functional groups attached to an aromatic ring is 1. The average molecular weight is 861 g/mol. The number of carbonyl (C=O) groups is 6. The molecule has 0 bridgehead atoms. The number of aromatic carboxylic acids is 2. The summed E-state index contributed by atoms with van der Waals surface area (Å²) in [7, 11) is 0. The number of aliphatic carboxylic acids is 1. The van der Waals surface area contributed by atoms with Crippen LogP contribution in [0.1, 0.15) is 71.3 Å². The van der Waals surface area contributed by atoms with Crippen molar-refractivity contribution in [1.82, 2.24) is 10.2 Å². The van der Waals surface area contributed by atoms with Crippen molar-refractivity contribution >= 4 is 52.2 Å². The summed E-state index contributed by atoms with van der Waals surface area (Å²) >= 11 is 0. The molecule has 64 heavy (non-hydrogen) atoms. The van der Waals surface area contributed by atoms with Crippen molar-refractivity contribution in [2.45, 2.75) is 24.3 Å². The lowest BCUT2D eigenvalue weighted by Crippen LogP contribution is -2.60. The minimum absolute atomic E-state index is 0.0219. The Morgan fingerprint density at radius 1 is 0.797 bits per heavy atom. The summed E-state index contributed by atoms with van der Waals surface area (Å²) in [5, 5.41) is 52.9. The lowest BCUT2D eigenvalue weighted by molar-refractivity contribution is -0.146. The maximum atomic E-state index is 13.9. The van der Waals surface area contributed by atoms with Crippen LogP contribution >= 0.6 is 0 Å². The second-order valence-electron chi connectivity index (χ2n) is 15.9. The summed E-state index contributed by atoms with van der Waals surface area (Å²) < 4.78 is 12.0. The van der Waals surface area contributed by atoms with Gasteiger partial charge in [-0.3, -0.25) is 14.4 Å². The number of hydrogen-bond donors (Lipinski definition) is 7. The van der Waals surface area contributed by atoms with Crippen molar-refractivity contribution in [3.8, 4) is 33.9 Å². The summed E-state index contributed by atoms with van der Waals surface area (Å²) in [5.74, 6) is -6.29. The fourth-order valence-corrected chi connectivity index (χ4v) is 8.88. The number of nitrogens with zero attached hydrogens (tertiary/aromatic N) is 1. The van der Waals surface area contributed by atoms with Crippen LogP contribution in [0, 0.1) is 11.3 Å². The largest absolute Gasteiger partial charge is 0.508 e. The molecule has 0 saturated carbocycles. The van der Waals surface area contributed by atoms with Crippen molar-refractivity contribution in [2.24, 2.45) is 5.92 Å². The maximum absolute atomic E-state index is 13.9. The Hall–Kier alpha value is -8.53. The number of nitrogens with one attached hydrogen (secondary N) is 2. The molecule has 2 atom stereocenters. The Kier molecular flexibility index (Phi) is 9.85. The van der Waals surface area contributed by atoms with Gasteiger partial charge in [0.15, 0.2) is 5.78 Å². The van der Waals surface area contributed by atoms with Gasteiger partial charge in [-0.15, -0.1) is 0 Å². The van der Waals surface area contributed by atoms with Crippen LogP contribution in [0.15, 0.2) is 119 Å². The SMILES string of the molecule is N=c1ccc2c(-c3ccc(C(=O)NC4(C(=O)O)CCN(C(=O)c5ccc(C6c7ccc(O)cc7OC7=CC(=O)C=CC76)c(C(=O)O)c5)CC4)cc3C(=O)O)c3ccc(N)cc3oc-2c1. The quantitative estimate of drug-likeness (QED) is 0.0682. The highest BCUT2D eigenvalue weighted by atomic mass is 16.5. The number of aromatic hydroxyl groups is 1. The zero-order chi connectivity index (χ0) is 45.2. The summed E-state index contributed by atoms with van der Waals surface area (Å²) in [4.78, 5) is 79.9. The number of benzene rings is 5. The van der Waals surface area contributed by atoms with Crippen LogP contribution in [-0.4, -0.2) is 79.5 Å². The number of carboxylic acids is 3. The van der Waals surface area contributed by atoms with E-state index < -0.39 is 47.1 Å². The molecule has 16 nitrogen and oxygen atoms in total. The molecular weight excluding hydrogens is 825 g/mol. The van der Waals surface area contributed by atoms with Gasteiger partial charge in [-0.05, 0) is 84.6 Å². The number of fused-ring (bicyclic) bond motifs is 4. The second-order valence-corrected chi connectivity index (χ2v) is 15.9. The number of phenols is 1. The van der Waals surface area contributed by atoms with Gasteiger partial charge < -0.3 is 50.9 Å². The Morgan fingerprint density at radius 2 is 1.50 bits per heavy atom. The molecule has 16 heteroatoms. The molecule has 8 N–H and O–H groups in total. The van der Waals surface area contributed by atoms with E-state index in [4.69, 9.17) is 20.3 Å². The lowest BCUT2D eigenvalue weighted by atomic mass is 9.74. The van der Waals surface area contributed by atoms with Crippen molar-refractivity contribution in [1.29, 1.82) is 5.41 Å². The van der Waals surface area contributed by atoms with Gasteiger partial charge in [0.05, 0.1) is 16.5 Å². The molecule has 2 amide bonds. The van der Waals surface area contributed by atoms with Crippen LogP contribution in [0.25, 0.3) is 33.4 Å². The number of phenolic OH excluding ortho intramolecular Hbond substituents is 1. The van der Waals surface area contributed by atoms with E-state index in [1.165, 1.54) is 71.6 Å². The number of ether oxygens (including phenoxy) is 1. The monoisotopic (exact) mass is 860 g/mol. The van der Waals surface area contributed by atoms with Crippen LogP contribution in [0.4, 0.5) is 5.69 Å². The number of piperidine rings is 1. The number of likely N-dealkylation sites (tertiary alicyclic amines) is 1. The average Bonchev–Trinajstić information content (AvgIpc) is 3.26. The molecule has 1 fully saturated rings. The second kappa shape index (κ2) is 15.4. The van der Waals surface area contributed by atoms with Crippen molar-refractivity contribution in [3.05, 3.63) is 154 Å². The smallest absolute Gasteiger partial charge is 0.336 e. The summed E-state index contributed by atoms with van der Waals surface area (Å²) in [6.45, 7) is -0.269. The zero-order valence-corrected chi connectivity index (χ0v) is 33.5. The number of amides is 2. The molecule has 3 aliphatic heterocycles. The number of allylic oxidation sites excluding steroid dienone is 3. The summed E-state index contributed by atoms with van der Waals surface area (Å²) in [5.41, 5.74) is 6.45. The Labute approximate surface area is 362 Å². The van der Waals surface area contributed by atoms with E-state index in [0.717, 1.165) is 6.07 Å². The molecule has 1 saturated heterocycles. The molecule has 4 aromatic carbocycles. The van der Waals surface area contributed by atoms with E-state index in [-0.39, 0.29) is 82.1 Å². The van der Waals surface area contributed by atoms with Gasteiger partial charge in [-0.25, -0.2) is 14.4 Å². The Bertz CT molecular complexity index is 3140. The number of carboxylic acid groups (broad SMARTS) is 3. The van der Waals surface area contributed by atoms with Gasteiger partial charge in [0.25, 0.3) is 11.8 Å². The van der Waals surface area contributed by atoms with Gasteiger partial charge in [-0.2, -0.15) is 0 Å². The van der Waals surface area contributed by atoms with E-state index in [9.17, 15) is 49.2 Å². The van der Waals surface area contributed by atoms with E-state index in [2.05, 4.69) is 5.32 Å². The molecule has 0 spiro atoms.